The molecule has 0 heterocycles. The fourth-order valence-electron chi connectivity index (χ4n) is 1.90. The molecule has 108 valence electrons. The Labute approximate surface area is 116 Å². The Kier molecular flexibility index (Phi) is 5.38. The van der Waals surface area contributed by atoms with Crippen LogP contribution in [0.3, 0.4) is 0 Å². The van der Waals surface area contributed by atoms with Crippen molar-refractivity contribution in [3.05, 3.63) is 29.8 Å². The number of sulfonamides is 1. The average Bonchev–Trinajstić information content (AvgIpc) is 2.38. The molecule has 0 fully saturated rings. The molecule has 0 aliphatic heterocycles. The summed E-state index contributed by atoms with van der Waals surface area (Å²) in [5, 5.41) is -0.405. The zero-order valence-electron chi connectivity index (χ0n) is 12.3. The van der Waals surface area contributed by atoms with Crippen molar-refractivity contribution in [3.63, 3.8) is 0 Å². The molecule has 0 N–H and O–H groups in total. The molecule has 0 spiro atoms. The first-order valence-corrected chi connectivity index (χ1v) is 7.89. The summed E-state index contributed by atoms with van der Waals surface area (Å²) in [7, 11) is 0.0341. The number of hydrogen-bond donors (Lipinski definition) is 0. The van der Waals surface area contributed by atoms with E-state index < -0.39 is 15.3 Å². The van der Waals surface area contributed by atoms with Crippen LogP contribution in [0.5, 0.6) is 5.75 Å². The van der Waals surface area contributed by atoms with Crippen molar-refractivity contribution in [1.29, 1.82) is 0 Å². The Hall–Kier alpha value is -1.07. The van der Waals surface area contributed by atoms with Crippen molar-refractivity contribution in [2.24, 2.45) is 0 Å². The van der Waals surface area contributed by atoms with Gasteiger partial charge in [0.05, 0.1) is 12.4 Å². The number of hydrogen-bond acceptors (Lipinski definition) is 3. The van der Waals surface area contributed by atoms with Crippen molar-refractivity contribution in [2.45, 2.75) is 38.5 Å². The summed E-state index contributed by atoms with van der Waals surface area (Å²) in [5.74, 6) is 0.796. The van der Waals surface area contributed by atoms with Gasteiger partial charge in [0.25, 0.3) is 0 Å². The van der Waals surface area contributed by atoms with Crippen LogP contribution < -0.4 is 4.74 Å². The Morgan fingerprint density at radius 3 is 2.32 bits per heavy atom. The monoisotopic (exact) mass is 285 g/mol. The quantitative estimate of drug-likeness (QED) is 0.805. The summed E-state index contributed by atoms with van der Waals surface area (Å²) in [6.45, 7) is 5.30. The van der Waals surface area contributed by atoms with Gasteiger partial charge >= 0.3 is 0 Å². The van der Waals surface area contributed by atoms with Gasteiger partial charge in [-0.3, -0.25) is 0 Å². The van der Waals surface area contributed by atoms with Crippen molar-refractivity contribution in [2.75, 3.05) is 14.2 Å². The Morgan fingerprint density at radius 2 is 1.79 bits per heavy atom. The Bertz CT molecular complexity index is 511. The molecule has 0 aliphatic rings. The van der Waals surface area contributed by atoms with E-state index in [1.165, 1.54) is 4.31 Å². The SMILES string of the molecule is COc1ccccc1CC(C)N(C)S(=O)(=O)C(C)C. The van der Waals surface area contributed by atoms with Crippen LogP contribution in [0, 0.1) is 0 Å². The highest BCUT2D eigenvalue weighted by Crippen LogP contribution is 2.21. The minimum atomic E-state index is -3.22. The number of nitrogens with zero attached hydrogens (tertiary/aromatic N) is 1. The molecule has 1 unspecified atom stereocenters. The number of benzene rings is 1. The van der Waals surface area contributed by atoms with Gasteiger partial charge in [0, 0.05) is 13.1 Å². The minimum Gasteiger partial charge on any atom is -0.496 e. The standard InChI is InChI=1S/C14H23NO3S/c1-11(2)19(16,17)15(4)12(3)10-13-8-6-7-9-14(13)18-5/h6-9,11-12H,10H2,1-5H3. The molecule has 4 nitrogen and oxygen atoms in total. The first kappa shape index (κ1) is 16.0. The van der Waals surface area contributed by atoms with Crippen LogP contribution >= 0.6 is 0 Å². The second kappa shape index (κ2) is 6.39. The molecule has 0 saturated heterocycles. The van der Waals surface area contributed by atoms with E-state index in [4.69, 9.17) is 4.74 Å². The van der Waals surface area contributed by atoms with Gasteiger partial charge < -0.3 is 4.74 Å². The smallest absolute Gasteiger partial charge is 0.216 e. The summed E-state index contributed by atoms with van der Waals surface area (Å²) in [5.41, 5.74) is 1.02. The van der Waals surface area contributed by atoms with Crippen molar-refractivity contribution < 1.29 is 13.2 Å². The molecule has 1 rings (SSSR count). The average molecular weight is 285 g/mol. The summed E-state index contributed by atoms with van der Waals surface area (Å²) in [6.07, 6.45) is 0.631. The number of likely N-dealkylation sites (N-methyl/N-ethyl adjacent to an activating group) is 1. The van der Waals surface area contributed by atoms with Crippen LogP contribution in [0.15, 0.2) is 24.3 Å². The molecule has 1 aromatic carbocycles. The van der Waals surface area contributed by atoms with Crippen molar-refractivity contribution in [1.82, 2.24) is 4.31 Å². The maximum atomic E-state index is 12.1. The van der Waals surface area contributed by atoms with Crippen LogP contribution in [0.2, 0.25) is 0 Å². The van der Waals surface area contributed by atoms with Gasteiger partial charge in [-0.15, -0.1) is 0 Å². The second-order valence-electron chi connectivity index (χ2n) is 4.97. The highest BCUT2D eigenvalue weighted by molar-refractivity contribution is 7.89. The van der Waals surface area contributed by atoms with Gasteiger partial charge in [-0.25, -0.2) is 12.7 Å². The lowest BCUT2D eigenvalue weighted by molar-refractivity contribution is 0.371. The Balaban J connectivity index is 2.88. The van der Waals surface area contributed by atoms with Crippen LogP contribution in [-0.2, 0) is 16.4 Å². The Morgan fingerprint density at radius 1 is 1.21 bits per heavy atom. The fraction of sp³-hybridized carbons (Fsp3) is 0.571. The highest BCUT2D eigenvalue weighted by Gasteiger charge is 2.26. The van der Waals surface area contributed by atoms with E-state index in [9.17, 15) is 8.42 Å². The largest absolute Gasteiger partial charge is 0.496 e. The van der Waals surface area contributed by atoms with Crippen molar-refractivity contribution in [3.8, 4) is 5.75 Å². The van der Waals surface area contributed by atoms with E-state index in [0.29, 0.717) is 6.42 Å². The molecule has 0 saturated carbocycles. The maximum Gasteiger partial charge on any atom is 0.216 e. The van der Waals surface area contributed by atoms with Gasteiger partial charge in [0.15, 0.2) is 0 Å². The molecule has 19 heavy (non-hydrogen) atoms. The van der Waals surface area contributed by atoms with Crippen LogP contribution in [0.1, 0.15) is 26.3 Å². The van der Waals surface area contributed by atoms with E-state index >= 15 is 0 Å². The van der Waals surface area contributed by atoms with E-state index in [1.54, 1.807) is 28.0 Å². The molecule has 0 bridgehead atoms. The molecule has 0 amide bonds. The third kappa shape index (κ3) is 3.70. The lowest BCUT2D eigenvalue weighted by Gasteiger charge is -2.26. The predicted molar refractivity (Wildman–Crippen MR) is 78.0 cm³/mol. The van der Waals surface area contributed by atoms with Crippen LogP contribution in [-0.4, -0.2) is 38.2 Å². The molecule has 5 heteroatoms. The first-order chi connectivity index (χ1) is 8.80. The first-order valence-electron chi connectivity index (χ1n) is 6.39. The molecule has 0 aliphatic carbocycles. The van der Waals surface area contributed by atoms with Gasteiger partial charge in [-0.05, 0) is 38.8 Å². The van der Waals surface area contributed by atoms with Crippen molar-refractivity contribution >= 4 is 10.0 Å². The molecule has 0 aromatic heterocycles. The zero-order valence-corrected chi connectivity index (χ0v) is 13.1. The summed E-state index contributed by atoms with van der Waals surface area (Å²) >= 11 is 0. The summed E-state index contributed by atoms with van der Waals surface area (Å²) < 4.78 is 31.0. The third-order valence-corrected chi connectivity index (χ3v) is 5.68. The summed E-state index contributed by atoms with van der Waals surface area (Å²) in [6, 6.07) is 7.58. The summed E-state index contributed by atoms with van der Waals surface area (Å²) in [4.78, 5) is 0. The number of rotatable bonds is 6. The van der Waals surface area contributed by atoms with E-state index in [-0.39, 0.29) is 6.04 Å². The number of methoxy groups -OCH3 is 1. The minimum absolute atomic E-state index is 0.108. The number of ether oxygens (including phenoxy) is 1. The van der Waals surface area contributed by atoms with Crippen LogP contribution in [0.4, 0.5) is 0 Å². The van der Waals surface area contributed by atoms with Gasteiger partial charge in [-0.1, -0.05) is 18.2 Å². The fourth-order valence-corrected chi connectivity index (χ4v) is 3.14. The molecule has 1 aromatic rings. The van der Waals surface area contributed by atoms with E-state index in [2.05, 4.69) is 0 Å². The molecular weight excluding hydrogens is 262 g/mol. The van der Waals surface area contributed by atoms with Gasteiger partial charge in [-0.2, -0.15) is 0 Å². The molecule has 1 atom stereocenters. The second-order valence-corrected chi connectivity index (χ2v) is 7.52. The normalized spacial score (nSPS) is 13.8. The zero-order chi connectivity index (χ0) is 14.6. The van der Waals surface area contributed by atoms with Gasteiger partial charge in [0.1, 0.15) is 5.75 Å². The lowest BCUT2D eigenvalue weighted by atomic mass is 10.1. The topological polar surface area (TPSA) is 46.6 Å². The maximum absolute atomic E-state index is 12.1. The predicted octanol–water partition coefficient (Wildman–Crippen LogP) is 2.30. The van der Waals surface area contributed by atoms with Gasteiger partial charge in [0.2, 0.25) is 10.0 Å². The molecule has 0 radical (unpaired) electrons. The van der Waals surface area contributed by atoms with E-state index in [1.807, 2.05) is 31.2 Å². The molecular formula is C14H23NO3S. The highest BCUT2D eigenvalue weighted by atomic mass is 32.2. The lowest BCUT2D eigenvalue weighted by Crippen LogP contribution is -2.40. The number of para-hydroxylation sites is 1. The van der Waals surface area contributed by atoms with Crippen LogP contribution in [0.25, 0.3) is 0 Å². The van der Waals surface area contributed by atoms with E-state index in [0.717, 1.165) is 11.3 Å². The third-order valence-electron chi connectivity index (χ3n) is 3.33.